The average Bonchev–Trinajstić information content (AvgIpc) is 2.94. The molecule has 0 aliphatic carbocycles. The van der Waals surface area contributed by atoms with Gasteiger partial charge in [-0.15, -0.1) is 0 Å². The van der Waals surface area contributed by atoms with Crippen LogP contribution in [-0.2, 0) is 21.5 Å². The highest BCUT2D eigenvalue weighted by Gasteiger charge is 2.41. The van der Waals surface area contributed by atoms with Crippen molar-refractivity contribution in [2.24, 2.45) is 0 Å². The van der Waals surface area contributed by atoms with Crippen molar-refractivity contribution >= 4 is 17.8 Å². The molecule has 2 N–H and O–H groups in total. The number of hydrogen-bond donors (Lipinski definition) is 2. The summed E-state index contributed by atoms with van der Waals surface area (Å²) in [6.45, 7) is 6.58. The summed E-state index contributed by atoms with van der Waals surface area (Å²) in [5.74, 6) is -4.47. The van der Waals surface area contributed by atoms with Gasteiger partial charge < -0.3 is 19.8 Å². The number of aromatic nitrogens is 1. The number of alkyl halides is 6. The second-order valence-electron chi connectivity index (χ2n) is 9.65. The van der Waals surface area contributed by atoms with Gasteiger partial charge >= 0.3 is 24.3 Å². The zero-order valence-electron chi connectivity index (χ0n) is 22.8. The lowest BCUT2D eigenvalue weighted by atomic mass is 9.69. The molecule has 1 amide bonds. The van der Waals surface area contributed by atoms with Gasteiger partial charge in [0.1, 0.15) is 5.75 Å². The monoisotopic (exact) mass is 607 g/mol. The molecule has 15 heteroatoms. The number of carbonyl (C=O) groups excluding carboxylic acids is 1. The zero-order valence-corrected chi connectivity index (χ0v) is 22.8. The Balaban J connectivity index is 0.000000367. The van der Waals surface area contributed by atoms with Gasteiger partial charge in [0.05, 0.1) is 6.61 Å². The fourth-order valence-electron chi connectivity index (χ4n) is 4.46. The van der Waals surface area contributed by atoms with E-state index < -0.39 is 24.3 Å². The minimum absolute atomic E-state index is 0.0844. The van der Waals surface area contributed by atoms with Crippen molar-refractivity contribution in [3.05, 3.63) is 59.4 Å². The van der Waals surface area contributed by atoms with Gasteiger partial charge in [-0.1, -0.05) is 0 Å². The van der Waals surface area contributed by atoms with Crippen molar-refractivity contribution in [1.29, 1.82) is 0 Å². The topological polar surface area (TPSA) is 120 Å². The molecule has 232 valence electrons. The van der Waals surface area contributed by atoms with E-state index in [2.05, 4.69) is 28.1 Å². The molecule has 0 unspecified atom stereocenters. The number of nitrogens with zero attached hydrogens (tertiary/aromatic N) is 3. The van der Waals surface area contributed by atoms with Gasteiger partial charge in [-0.25, -0.2) is 9.59 Å². The maximum absolute atomic E-state index is 12.7. The van der Waals surface area contributed by atoms with Gasteiger partial charge in [-0.3, -0.25) is 14.7 Å². The molecule has 2 aromatic rings. The first-order valence-corrected chi connectivity index (χ1v) is 12.7. The normalized spacial score (nSPS) is 16.0. The van der Waals surface area contributed by atoms with E-state index in [4.69, 9.17) is 24.5 Å². The van der Waals surface area contributed by atoms with Crippen LogP contribution in [0.25, 0.3) is 0 Å². The van der Waals surface area contributed by atoms with E-state index in [0.717, 1.165) is 56.8 Å². The summed E-state index contributed by atoms with van der Waals surface area (Å²) in [4.78, 5) is 38.8. The number of ether oxygens (including phenoxy) is 1. The first-order chi connectivity index (χ1) is 19.5. The number of piperidine rings is 1. The number of likely N-dealkylation sites (tertiary alicyclic amines) is 1. The minimum atomic E-state index is -5.08. The highest BCUT2D eigenvalue weighted by molar-refractivity contribution is 5.94. The van der Waals surface area contributed by atoms with Gasteiger partial charge in [-0.2, -0.15) is 26.3 Å². The summed E-state index contributed by atoms with van der Waals surface area (Å²) >= 11 is 0. The van der Waals surface area contributed by atoms with Crippen LogP contribution in [0.5, 0.6) is 5.75 Å². The Morgan fingerprint density at radius 2 is 1.48 bits per heavy atom. The number of halogens is 6. The van der Waals surface area contributed by atoms with Crippen LogP contribution in [-0.4, -0.2) is 88.5 Å². The zero-order chi connectivity index (χ0) is 31.7. The van der Waals surface area contributed by atoms with Crippen LogP contribution in [0.2, 0.25) is 0 Å². The largest absolute Gasteiger partial charge is 0.493 e. The molecular formula is C27H31F6N3O6. The number of aliphatic carboxylic acids is 2. The Bertz CT molecular complexity index is 1190. The van der Waals surface area contributed by atoms with Crippen molar-refractivity contribution in [1.82, 2.24) is 14.8 Å². The molecule has 2 aliphatic heterocycles. The molecule has 9 nitrogen and oxygen atoms in total. The molecule has 1 fully saturated rings. The van der Waals surface area contributed by atoms with Crippen LogP contribution < -0.4 is 4.74 Å². The van der Waals surface area contributed by atoms with E-state index in [-0.39, 0.29) is 11.3 Å². The average molecular weight is 608 g/mol. The molecule has 2 aliphatic rings. The summed E-state index contributed by atoms with van der Waals surface area (Å²) in [7, 11) is 1.85. The predicted molar refractivity (Wildman–Crippen MR) is 137 cm³/mol. The number of carboxylic acids is 2. The van der Waals surface area contributed by atoms with Crippen LogP contribution in [0.4, 0.5) is 26.3 Å². The number of hydrogen-bond acceptors (Lipinski definition) is 6. The van der Waals surface area contributed by atoms with Crippen LogP contribution in [0.1, 0.15) is 47.7 Å². The molecule has 42 heavy (non-hydrogen) atoms. The fraction of sp³-hybridized carbons (Fsp3) is 0.481. The van der Waals surface area contributed by atoms with Crippen LogP contribution in [0, 0.1) is 0 Å². The second kappa shape index (κ2) is 14.3. The van der Waals surface area contributed by atoms with Crippen molar-refractivity contribution in [2.75, 3.05) is 33.3 Å². The lowest BCUT2D eigenvalue weighted by Gasteiger charge is -2.45. The quantitative estimate of drug-likeness (QED) is 0.478. The van der Waals surface area contributed by atoms with E-state index in [0.29, 0.717) is 6.54 Å². The molecule has 0 bridgehead atoms. The molecule has 4 rings (SSSR count). The molecular weight excluding hydrogens is 576 g/mol. The van der Waals surface area contributed by atoms with E-state index in [1.807, 2.05) is 38.5 Å². The van der Waals surface area contributed by atoms with Crippen LogP contribution in [0.3, 0.4) is 0 Å². The number of amides is 1. The predicted octanol–water partition coefficient (Wildman–Crippen LogP) is 4.76. The highest BCUT2D eigenvalue weighted by Crippen LogP contribution is 2.46. The maximum atomic E-state index is 12.7. The van der Waals surface area contributed by atoms with E-state index in [1.165, 1.54) is 11.1 Å². The summed E-state index contributed by atoms with van der Waals surface area (Å²) in [5.41, 5.74) is 3.45. The number of pyridine rings is 1. The third-order valence-corrected chi connectivity index (χ3v) is 6.91. The number of carboxylic acid groups (broad SMARTS) is 2. The smallest absolute Gasteiger partial charge is 0.490 e. The molecule has 1 aromatic carbocycles. The van der Waals surface area contributed by atoms with Crippen LogP contribution in [0.15, 0.2) is 42.7 Å². The van der Waals surface area contributed by atoms with E-state index >= 15 is 0 Å². The van der Waals surface area contributed by atoms with Crippen molar-refractivity contribution < 1.29 is 55.7 Å². The minimum Gasteiger partial charge on any atom is -0.493 e. The summed E-state index contributed by atoms with van der Waals surface area (Å²) in [6.07, 6.45) is -3.20. The Morgan fingerprint density at radius 3 is 1.95 bits per heavy atom. The third-order valence-electron chi connectivity index (χ3n) is 6.91. The number of fused-ring (bicyclic) bond motifs is 2. The SMILES string of the molecule is CCN(C)C(=O)c1ccc2c(c1)C1(CCO2)CCN(Cc2ccncc2)CC1.O=C(O)C(F)(F)F.O=C(O)C(F)(F)F. The first kappa shape index (κ1) is 34.3. The Kier molecular flexibility index (Phi) is 11.7. The number of rotatable bonds is 4. The highest BCUT2D eigenvalue weighted by atomic mass is 19.4. The van der Waals surface area contributed by atoms with Crippen molar-refractivity contribution in [3.8, 4) is 5.75 Å². The molecule has 0 saturated carbocycles. The van der Waals surface area contributed by atoms with E-state index in [1.54, 1.807) is 4.90 Å². The van der Waals surface area contributed by atoms with Gasteiger partial charge in [0.15, 0.2) is 0 Å². The summed E-state index contributed by atoms with van der Waals surface area (Å²) in [6, 6.07) is 10.2. The summed E-state index contributed by atoms with van der Waals surface area (Å²) in [5, 5.41) is 14.2. The molecule has 1 aromatic heterocycles. The Hall–Kier alpha value is -3.88. The maximum Gasteiger partial charge on any atom is 0.490 e. The molecule has 1 saturated heterocycles. The lowest BCUT2D eigenvalue weighted by molar-refractivity contribution is -0.193. The van der Waals surface area contributed by atoms with Crippen molar-refractivity contribution in [3.63, 3.8) is 0 Å². The van der Waals surface area contributed by atoms with E-state index in [9.17, 15) is 31.1 Å². The Labute approximate surface area is 237 Å². The van der Waals surface area contributed by atoms with Crippen LogP contribution >= 0.6 is 0 Å². The first-order valence-electron chi connectivity index (χ1n) is 12.7. The second-order valence-corrected chi connectivity index (χ2v) is 9.65. The molecule has 3 heterocycles. The lowest BCUT2D eigenvalue weighted by Crippen LogP contribution is -2.45. The van der Waals surface area contributed by atoms with Crippen molar-refractivity contribution in [2.45, 2.75) is 50.5 Å². The number of carbonyl (C=O) groups is 3. The van der Waals surface area contributed by atoms with Gasteiger partial charge in [-0.05, 0) is 75.2 Å². The Morgan fingerprint density at radius 1 is 0.952 bits per heavy atom. The van der Waals surface area contributed by atoms with Gasteiger partial charge in [0, 0.05) is 49.1 Å². The molecule has 0 radical (unpaired) electrons. The summed E-state index contributed by atoms with van der Waals surface area (Å²) < 4.78 is 69.4. The number of benzene rings is 1. The van der Waals surface area contributed by atoms with Gasteiger partial charge in [0.2, 0.25) is 0 Å². The van der Waals surface area contributed by atoms with Gasteiger partial charge in [0.25, 0.3) is 5.91 Å². The standard InChI is InChI=1S/C23H29N3O2.2C2HF3O2/c1-3-25(2)22(27)19-4-5-21-20(16-19)23(10-15-28-21)8-13-26(14-9-23)17-18-6-11-24-12-7-18;2*3-2(4,5)1(6)7/h4-7,11-12,16H,3,8-10,13-15,17H2,1-2H3;2*(H,6,7). The fourth-order valence-corrected chi connectivity index (χ4v) is 4.46. The molecule has 0 atom stereocenters. The third kappa shape index (κ3) is 9.60. The molecule has 1 spiro atoms.